The summed E-state index contributed by atoms with van der Waals surface area (Å²) < 4.78 is 0. The molecule has 3 nitrogen and oxygen atoms in total. The maximum absolute atomic E-state index is 12.0. The summed E-state index contributed by atoms with van der Waals surface area (Å²) in [4.78, 5) is 12.0. The van der Waals surface area contributed by atoms with Crippen LogP contribution in [0.1, 0.15) is 65.7 Å². The minimum Gasteiger partial charge on any atom is -0.351 e. The molecule has 0 radical (unpaired) electrons. The molecule has 0 aromatic heterocycles. The summed E-state index contributed by atoms with van der Waals surface area (Å²) in [6, 6.07) is 0.310. The minimum absolute atomic E-state index is 0.0339. The van der Waals surface area contributed by atoms with E-state index in [-0.39, 0.29) is 11.4 Å². The largest absolute Gasteiger partial charge is 0.351 e. The van der Waals surface area contributed by atoms with Gasteiger partial charge in [-0.3, -0.25) is 4.79 Å². The first-order valence-electron chi connectivity index (χ1n) is 7.05. The van der Waals surface area contributed by atoms with Gasteiger partial charge >= 0.3 is 0 Å². The fourth-order valence-corrected chi connectivity index (χ4v) is 2.59. The summed E-state index contributed by atoms with van der Waals surface area (Å²) in [5, 5.41) is 3.18. The van der Waals surface area contributed by atoms with E-state index in [0.717, 1.165) is 32.1 Å². The van der Waals surface area contributed by atoms with Crippen LogP contribution in [0.25, 0.3) is 0 Å². The molecule has 0 spiro atoms. The van der Waals surface area contributed by atoms with Crippen LogP contribution >= 0.6 is 0 Å². The van der Waals surface area contributed by atoms with Gasteiger partial charge in [-0.2, -0.15) is 0 Å². The molecule has 0 saturated heterocycles. The maximum Gasteiger partial charge on any atom is 0.220 e. The minimum atomic E-state index is -0.0339. The lowest BCUT2D eigenvalue weighted by Crippen LogP contribution is -2.45. The van der Waals surface area contributed by atoms with E-state index >= 15 is 0 Å². The molecule has 1 amide bonds. The van der Waals surface area contributed by atoms with E-state index in [2.05, 4.69) is 26.1 Å². The Hall–Kier alpha value is -0.570. The lowest BCUT2D eigenvalue weighted by atomic mass is 9.83. The predicted molar refractivity (Wildman–Crippen MR) is 71.7 cm³/mol. The second kappa shape index (κ2) is 6.39. The second-order valence-corrected chi connectivity index (χ2v) is 5.81. The van der Waals surface area contributed by atoms with Crippen molar-refractivity contribution in [2.75, 3.05) is 0 Å². The number of hydrogen-bond acceptors (Lipinski definition) is 2. The monoisotopic (exact) mass is 240 g/mol. The van der Waals surface area contributed by atoms with Gasteiger partial charge in [0.2, 0.25) is 5.91 Å². The first-order chi connectivity index (χ1) is 7.99. The van der Waals surface area contributed by atoms with Crippen molar-refractivity contribution in [2.24, 2.45) is 11.7 Å². The summed E-state index contributed by atoms with van der Waals surface area (Å²) in [6.45, 7) is 6.37. The van der Waals surface area contributed by atoms with Gasteiger partial charge in [-0.1, -0.05) is 20.3 Å². The summed E-state index contributed by atoms with van der Waals surface area (Å²) in [7, 11) is 0. The highest BCUT2D eigenvalue weighted by molar-refractivity contribution is 5.77. The standard InChI is InChI=1S/C14H28N2O/c1-4-14(3,5-2)16-13(17)10-11-7-6-8-12(15)9-11/h11-12H,4-10,15H2,1-3H3,(H,16,17). The van der Waals surface area contributed by atoms with Crippen molar-refractivity contribution < 1.29 is 4.79 Å². The summed E-state index contributed by atoms with van der Waals surface area (Å²) >= 11 is 0. The van der Waals surface area contributed by atoms with Crippen molar-refractivity contribution in [3.63, 3.8) is 0 Å². The zero-order valence-corrected chi connectivity index (χ0v) is 11.6. The Bertz CT molecular complexity index is 249. The Morgan fingerprint density at radius 3 is 2.53 bits per heavy atom. The number of carbonyl (C=O) groups is 1. The van der Waals surface area contributed by atoms with Crippen molar-refractivity contribution in [3.8, 4) is 0 Å². The molecule has 0 aliphatic heterocycles. The maximum atomic E-state index is 12.0. The molecule has 100 valence electrons. The molecule has 0 aromatic rings. The van der Waals surface area contributed by atoms with E-state index in [1.165, 1.54) is 6.42 Å². The number of rotatable bonds is 5. The predicted octanol–water partition coefficient (Wildman–Crippen LogP) is 2.59. The molecule has 1 rings (SSSR count). The lowest BCUT2D eigenvalue weighted by Gasteiger charge is -2.31. The van der Waals surface area contributed by atoms with E-state index in [1.807, 2.05) is 0 Å². The molecule has 2 unspecified atom stereocenters. The average Bonchev–Trinajstić information content (AvgIpc) is 2.28. The molecule has 2 atom stereocenters. The summed E-state index contributed by atoms with van der Waals surface area (Å²) in [5.74, 6) is 0.701. The van der Waals surface area contributed by atoms with E-state index in [0.29, 0.717) is 18.4 Å². The van der Waals surface area contributed by atoms with Gasteiger partial charge in [0.15, 0.2) is 0 Å². The smallest absolute Gasteiger partial charge is 0.220 e. The number of hydrogen-bond donors (Lipinski definition) is 2. The first kappa shape index (κ1) is 14.5. The van der Waals surface area contributed by atoms with Crippen LogP contribution in [0.15, 0.2) is 0 Å². The average molecular weight is 240 g/mol. The van der Waals surface area contributed by atoms with Crippen molar-refractivity contribution in [1.82, 2.24) is 5.32 Å². The SMILES string of the molecule is CCC(C)(CC)NC(=O)CC1CCCC(N)C1. The van der Waals surface area contributed by atoms with Gasteiger partial charge in [0.05, 0.1) is 0 Å². The van der Waals surface area contributed by atoms with Crippen molar-refractivity contribution in [1.29, 1.82) is 0 Å². The summed E-state index contributed by atoms with van der Waals surface area (Å²) in [5.41, 5.74) is 5.91. The lowest BCUT2D eigenvalue weighted by molar-refractivity contribution is -0.124. The normalized spacial score (nSPS) is 25.6. The molecule has 0 aromatic carbocycles. The zero-order chi connectivity index (χ0) is 12.9. The highest BCUT2D eigenvalue weighted by Crippen LogP contribution is 2.26. The molecular formula is C14H28N2O. The highest BCUT2D eigenvalue weighted by atomic mass is 16.1. The fraction of sp³-hybridized carbons (Fsp3) is 0.929. The Balaban J connectivity index is 2.38. The number of nitrogens with one attached hydrogen (secondary N) is 1. The second-order valence-electron chi connectivity index (χ2n) is 5.81. The molecule has 1 fully saturated rings. The number of carbonyl (C=O) groups excluding carboxylic acids is 1. The molecule has 17 heavy (non-hydrogen) atoms. The quantitative estimate of drug-likeness (QED) is 0.776. The van der Waals surface area contributed by atoms with Gasteiger partial charge in [-0.15, -0.1) is 0 Å². The van der Waals surface area contributed by atoms with Crippen LogP contribution in [0.2, 0.25) is 0 Å². The van der Waals surface area contributed by atoms with Crippen molar-refractivity contribution in [3.05, 3.63) is 0 Å². The van der Waals surface area contributed by atoms with E-state index in [4.69, 9.17) is 5.73 Å². The third-order valence-electron chi connectivity index (χ3n) is 4.30. The third kappa shape index (κ3) is 4.66. The Morgan fingerprint density at radius 1 is 1.35 bits per heavy atom. The molecule has 0 heterocycles. The van der Waals surface area contributed by atoms with E-state index < -0.39 is 0 Å². The topological polar surface area (TPSA) is 55.1 Å². The van der Waals surface area contributed by atoms with Crippen LogP contribution in [0.4, 0.5) is 0 Å². The molecular weight excluding hydrogens is 212 g/mol. The van der Waals surface area contributed by atoms with Crippen LogP contribution in [0.5, 0.6) is 0 Å². The van der Waals surface area contributed by atoms with Gasteiger partial charge in [-0.05, 0) is 44.9 Å². The Kier molecular flexibility index (Phi) is 5.44. The van der Waals surface area contributed by atoms with E-state index in [9.17, 15) is 4.79 Å². The van der Waals surface area contributed by atoms with Gasteiger partial charge < -0.3 is 11.1 Å². The van der Waals surface area contributed by atoms with Crippen molar-refractivity contribution >= 4 is 5.91 Å². The Labute approximate surface area is 106 Å². The van der Waals surface area contributed by atoms with Gasteiger partial charge in [0.1, 0.15) is 0 Å². The highest BCUT2D eigenvalue weighted by Gasteiger charge is 2.25. The van der Waals surface area contributed by atoms with E-state index in [1.54, 1.807) is 0 Å². The van der Waals surface area contributed by atoms with Gasteiger partial charge in [0.25, 0.3) is 0 Å². The first-order valence-corrected chi connectivity index (χ1v) is 7.05. The van der Waals surface area contributed by atoms with Crippen LogP contribution in [-0.4, -0.2) is 17.5 Å². The molecule has 1 aliphatic carbocycles. The molecule has 1 aliphatic rings. The Morgan fingerprint density at radius 2 is 2.00 bits per heavy atom. The van der Waals surface area contributed by atoms with Crippen LogP contribution < -0.4 is 11.1 Å². The van der Waals surface area contributed by atoms with Crippen LogP contribution in [0.3, 0.4) is 0 Å². The zero-order valence-electron chi connectivity index (χ0n) is 11.6. The summed E-state index contributed by atoms with van der Waals surface area (Å²) in [6.07, 6.45) is 7.11. The molecule has 1 saturated carbocycles. The third-order valence-corrected chi connectivity index (χ3v) is 4.30. The van der Waals surface area contributed by atoms with Crippen LogP contribution in [0, 0.1) is 5.92 Å². The molecule has 0 bridgehead atoms. The van der Waals surface area contributed by atoms with Crippen molar-refractivity contribution in [2.45, 2.75) is 77.3 Å². The fourth-order valence-electron chi connectivity index (χ4n) is 2.59. The van der Waals surface area contributed by atoms with Crippen LogP contribution in [-0.2, 0) is 4.79 Å². The van der Waals surface area contributed by atoms with Gasteiger partial charge in [-0.25, -0.2) is 0 Å². The van der Waals surface area contributed by atoms with Gasteiger partial charge in [0, 0.05) is 18.0 Å². The molecule has 3 N–H and O–H groups in total. The molecule has 3 heteroatoms. The number of amides is 1. The number of nitrogens with two attached hydrogens (primary N) is 1.